The summed E-state index contributed by atoms with van der Waals surface area (Å²) < 4.78 is 28.3. The fraction of sp³-hybridized carbons (Fsp3) is 0.0769. The summed E-state index contributed by atoms with van der Waals surface area (Å²) in [6.45, 7) is 0. The highest BCUT2D eigenvalue weighted by Gasteiger charge is 2.20. The molecule has 0 N–H and O–H groups in total. The zero-order valence-corrected chi connectivity index (χ0v) is 13.4. The van der Waals surface area contributed by atoms with Crippen LogP contribution in [-0.4, -0.2) is 19.6 Å². The summed E-state index contributed by atoms with van der Waals surface area (Å²) in [5, 5.41) is 11.6. The molecule has 0 atom stereocenters. The van der Waals surface area contributed by atoms with Gasteiger partial charge in [-0.05, 0) is 24.3 Å². The highest BCUT2D eigenvalue weighted by Crippen LogP contribution is 2.35. The van der Waals surface area contributed by atoms with Gasteiger partial charge in [-0.2, -0.15) is 0 Å². The van der Waals surface area contributed by atoms with Crippen LogP contribution >= 0.6 is 23.2 Å². The van der Waals surface area contributed by atoms with Crippen LogP contribution < -0.4 is 4.74 Å². The summed E-state index contributed by atoms with van der Waals surface area (Å²) in [4.78, 5) is 10.2. The summed E-state index contributed by atoms with van der Waals surface area (Å²) in [6, 6.07) is 7.77. The average molecular weight is 362 g/mol. The Bertz CT molecular complexity index is 852. The molecule has 6 nitrogen and oxygen atoms in total. The Labute approximate surface area is 136 Å². The molecule has 0 aromatic heterocycles. The number of nitrogens with zero attached hydrogens (tertiary/aromatic N) is 1. The van der Waals surface area contributed by atoms with Crippen LogP contribution in [0.3, 0.4) is 0 Å². The highest BCUT2D eigenvalue weighted by atomic mass is 35.5. The Hall–Kier alpha value is -1.83. The molecule has 2 rings (SSSR count). The number of nitro groups is 1. The third-order valence-electron chi connectivity index (χ3n) is 2.67. The van der Waals surface area contributed by atoms with Crippen molar-refractivity contribution in [2.24, 2.45) is 0 Å². The Morgan fingerprint density at radius 3 is 2.32 bits per heavy atom. The monoisotopic (exact) mass is 361 g/mol. The second kappa shape index (κ2) is 6.12. The van der Waals surface area contributed by atoms with Gasteiger partial charge >= 0.3 is 5.69 Å². The molecule has 0 fully saturated rings. The first-order valence-electron chi connectivity index (χ1n) is 5.80. The predicted octanol–water partition coefficient (Wildman–Crippen LogP) is 4.10. The lowest BCUT2D eigenvalue weighted by molar-refractivity contribution is -0.385. The van der Waals surface area contributed by atoms with Crippen molar-refractivity contribution in [2.45, 2.75) is 4.90 Å². The van der Waals surface area contributed by atoms with E-state index in [0.29, 0.717) is 5.02 Å². The number of ether oxygens (including phenoxy) is 1. The Morgan fingerprint density at radius 2 is 1.77 bits per heavy atom. The smallest absolute Gasteiger partial charge is 0.312 e. The third-order valence-corrected chi connectivity index (χ3v) is 4.52. The summed E-state index contributed by atoms with van der Waals surface area (Å²) in [7, 11) is -3.56. The van der Waals surface area contributed by atoms with Crippen LogP contribution in [0.4, 0.5) is 5.69 Å². The number of nitro benzene ring substituents is 1. The van der Waals surface area contributed by atoms with Gasteiger partial charge in [0.05, 0.1) is 19.9 Å². The quantitative estimate of drug-likeness (QED) is 0.604. The van der Waals surface area contributed by atoms with Gasteiger partial charge in [0.15, 0.2) is 9.84 Å². The van der Waals surface area contributed by atoms with E-state index < -0.39 is 20.4 Å². The third kappa shape index (κ3) is 3.68. The number of sulfone groups is 1. The minimum absolute atomic E-state index is 0.101. The standard InChI is InChI=1S/C13H9Cl2NO5S/c1-22(19,20)9-3-5-13(12(7-9)16(17)18)21-8-2-4-10(14)11(15)6-8/h2-7H,1H3. The van der Waals surface area contributed by atoms with Crippen molar-refractivity contribution in [1.82, 2.24) is 0 Å². The van der Waals surface area contributed by atoms with E-state index in [2.05, 4.69) is 0 Å². The van der Waals surface area contributed by atoms with Crippen LogP contribution in [0.15, 0.2) is 41.3 Å². The maximum Gasteiger partial charge on any atom is 0.312 e. The van der Waals surface area contributed by atoms with Gasteiger partial charge < -0.3 is 4.74 Å². The van der Waals surface area contributed by atoms with Gasteiger partial charge in [0, 0.05) is 18.4 Å². The Kier molecular flexibility index (Phi) is 4.60. The number of benzene rings is 2. The molecule has 0 aliphatic heterocycles. The normalized spacial score (nSPS) is 11.2. The summed E-state index contributed by atoms with van der Waals surface area (Å²) >= 11 is 11.6. The number of halogens is 2. The molecule has 0 bridgehead atoms. The van der Waals surface area contributed by atoms with Crippen molar-refractivity contribution in [2.75, 3.05) is 6.26 Å². The minimum Gasteiger partial charge on any atom is -0.450 e. The van der Waals surface area contributed by atoms with E-state index in [4.69, 9.17) is 27.9 Å². The maximum absolute atomic E-state index is 11.5. The summed E-state index contributed by atoms with van der Waals surface area (Å²) in [5.74, 6) is 0.139. The van der Waals surface area contributed by atoms with E-state index in [1.54, 1.807) is 0 Å². The van der Waals surface area contributed by atoms with Crippen molar-refractivity contribution in [3.8, 4) is 11.5 Å². The molecule has 0 radical (unpaired) electrons. The molecule has 22 heavy (non-hydrogen) atoms. The van der Waals surface area contributed by atoms with Crippen LogP contribution in [0.25, 0.3) is 0 Å². The molecule has 0 amide bonds. The van der Waals surface area contributed by atoms with Gasteiger partial charge in [-0.15, -0.1) is 0 Å². The van der Waals surface area contributed by atoms with Gasteiger partial charge in [-0.1, -0.05) is 23.2 Å². The first kappa shape index (κ1) is 16.5. The van der Waals surface area contributed by atoms with Gasteiger partial charge in [-0.25, -0.2) is 8.42 Å². The fourth-order valence-electron chi connectivity index (χ4n) is 1.62. The molecular weight excluding hydrogens is 353 g/mol. The first-order valence-corrected chi connectivity index (χ1v) is 8.44. The lowest BCUT2D eigenvalue weighted by Crippen LogP contribution is -2.00. The van der Waals surface area contributed by atoms with Crippen LogP contribution in [0.1, 0.15) is 0 Å². The molecule has 2 aromatic carbocycles. The SMILES string of the molecule is CS(=O)(=O)c1ccc(Oc2ccc(Cl)c(Cl)c2)c([N+](=O)[O-])c1. The molecule has 0 saturated carbocycles. The van der Waals surface area contributed by atoms with Crippen molar-refractivity contribution < 1.29 is 18.1 Å². The average Bonchev–Trinajstić information content (AvgIpc) is 2.42. The molecule has 9 heteroatoms. The Balaban J connectivity index is 2.46. The van der Waals surface area contributed by atoms with Crippen molar-refractivity contribution >= 4 is 38.7 Å². The van der Waals surface area contributed by atoms with Gasteiger partial charge in [0.25, 0.3) is 0 Å². The molecule has 116 valence electrons. The fourth-order valence-corrected chi connectivity index (χ4v) is 2.55. The number of hydrogen-bond donors (Lipinski definition) is 0. The summed E-state index contributed by atoms with van der Waals surface area (Å²) in [5.41, 5.74) is -0.464. The zero-order valence-electron chi connectivity index (χ0n) is 11.1. The molecular formula is C13H9Cl2NO5S. The lowest BCUT2D eigenvalue weighted by atomic mass is 10.3. The molecule has 0 saturated heterocycles. The maximum atomic E-state index is 11.5. The van der Waals surface area contributed by atoms with E-state index in [0.717, 1.165) is 12.3 Å². The predicted molar refractivity (Wildman–Crippen MR) is 82.7 cm³/mol. The minimum atomic E-state index is -3.56. The zero-order chi connectivity index (χ0) is 16.5. The Morgan fingerprint density at radius 1 is 1.09 bits per heavy atom. The number of hydrogen-bond acceptors (Lipinski definition) is 5. The largest absolute Gasteiger partial charge is 0.450 e. The molecule has 0 unspecified atom stereocenters. The van der Waals surface area contributed by atoms with Crippen molar-refractivity contribution in [3.63, 3.8) is 0 Å². The van der Waals surface area contributed by atoms with Crippen LogP contribution in [0.2, 0.25) is 10.0 Å². The first-order chi connectivity index (χ1) is 10.2. The summed E-state index contributed by atoms with van der Waals surface area (Å²) in [6.07, 6.45) is 0.964. The topological polar surface area (TPSA) is 86.5 Å². The van der Waals surface area contributed by atoms with Gasteiger partial charge in [-0.3, -0.25) is 10.1 Å². The van der Waals surface area contributed by atoms with E-state index in [-0.39, 0.29) is 21.4 Å². The second-order valence-electron chi connectivity index (χ2n) is 4.34. The molecule has 2 aromatic rings. The second-order valence-corrected chi connectivity index (χ2v) is 7.17. The van der Waals surface area contributed by atoms with Crippen molar-refractivity contribution in [3.05, 3.63) is 56.6 Å². The molecule has 0 spiro atoms. The van der Waals surface area contributed by atoms with E-state index in [9.17, 15) is 18.5 Å². The van der Waals surface area contributed by atoms with E-state index in [1.165, 1.54) is 30.3 Å². The van der Waals surface area contributed by atoms with Crippen molar-refractivity contribution in [1.29, 1.82) is 0 Å². The van der Waals surface area contributed by atoms with Crippen LogP contribution in [0, 0.1) is 10.1 Å². The van der Waals surface area contributed by atoms with E-state index >= 15 is 0 Å². The van der Waals surface area contributed by atoms with Gasteiger partial charge in [0.2, 0.25) is 5.75 Å². The van der Waals surface area contributed by atoms with Crippen LogP contribution in [-0.2, 0) is 9.84 Å². The lowest BCUT2D eigenvalue weighted by Gasteiger charge is -2.08. The molecule has 0 aliphatic carbocycles. The highest BCUT2D eigenvalue weighted by molar-refractivity contribution is 7.90. The van der Waals surface area contributed by atoms with Crippen LogP contribution in [0.5, 0.6) is 11.5 Å². The molecule has 0 aliphatic rings. The number of rotatable bonds is 4. The van der Waals surface area contributed by atoms with E-state index in [1.807, 2.05) is 0 Å². The van der Waals surface area contributed by atoms with Gasteiger partial charge in [0.1, 0.15) is 5.75 Å². The molecule has 0 heterocycles.